The number of nitrogens with one attached hydrogen (secondary N) is 1. The van der Waals surface area contributed by atoms with Gasteiger partial charge >= 0.3 is 0 Å². The predicted molar refractivity (Wildman–Crippen MR) is 146 cm³/mol. The second-order valence-corrected chi connectivity index (χ2v) is 9.22. The second-order valence-electron chi connectivity index (χ2n) is 9.22. The molecule has 3 rings (SSSR count). The van der Waals surface area contributed by atoms with Gasteiger partial charge in [-0.15, -0.1) is 0 Å². The van der Waals surface area contributed by atoms with E-state index < -0.39 is 17.7 Å². The molecule has 2 aromatic rings. The Morgan fingerprint density at radius 1 is 0.872 bits per heavy atom. The molecule has 0 spiro atoms. The number of hydrogen-bond donors (Lipinski definition) is 1. The molecule has 10 nitrogen and oxygen atoms in total. The number of ketones is 1. The second kappa shape index (κ2) is 14.4. The van der Waals surface area contributed by atoms with Crippen LogP contribution in [-0.4, -0.2) is 83.6 Å². The largest absolute Gasteiger partial charge is 0.493 e. The number of ether oxygens (including phenoxy) is 5. The summed E-state index contributed by atoms with van der Waals surface area (Å²) in [6, 6.07) is 7.84. The van der Waals surface area contributed by atoms with Crippen LogP contribution >= 0.6 is 0 Å². The van der Waals surface area contributed by atoms with Crippen LogP contribution in [-0.2, 0) is 16.0 Å². The van der Waals surface area contributed by atoms with Gasteiger partial charge in [0.1, 0.15) is 6.29 Å². The van der Waals surface area contributed by atoms with Crippen LogP contribution in [0.15, 0.2) is 30.3 Å². The molecule has 1 saturated heterocycles. The molecular formula is C29H38N2O8. The van der Waals surface area contributed by atoms with Gasteiger partial charge in [0.15, 0.2) is 23.0 Å². The van der Waals surface area contributed by atoms with Gasteiger partial charge in [-0.1, -0.05) is 6.07 Å². The van der Waals surface area contributed by atoms with Gasteiger partial charge in [-0.05, 0) is 75.0 Å². The third-order valence-corrected chi connectivity index (χ3v) is 6.99. The molecule has 0 aromatic heterocycles. The van der Waals surface area contributed by atoms with Gasteiger partial charge in [-0.2, -0.15) is 0 Å². The molecule has 0 bridgehead atoms. The smallest absolute Gasteiger partial charge is 0.295 e. The van der Waals surface area contributed by atoms with Crippen molar-refractivity contribution in [1.82, 2.24) is 10.2 Å². The summed E-state index contributed by atoms with van der Waals surface area (Å²) >= 11 is 0. The first-order chi connectivity index (χ1) is 18.9. The van der Waals surface area contributed by atoms with Crippen molar-refractivity contribution in [3.8, 4) is 28.7 Å². The number of amides is 1. The third kappa shape index (κ3) is 7.00. The van der Waals surface area contributed by atoms with Crippen LogP contribution in [0.25, 0.3) is 0 Å². The quantitative estimate of drug-likeness (QED) is 0.167. The standard InChI is InChI=1S/C29H38N2O8/c1-35-23-10-9-19(15-24(23)36-2)11-13-30-14-12-21-7-6-8-22(18-32)31(21)29(34)27(33)20-16-25(37-3)28(39-5)26(17-20)38-4/h9-10,15-18,21-22,30H,6-8,11-14H2,1-5H3. The number of methoxy groups -OCH3 is 5. The molecule has 0 aliphatic carbocycles. The zero-order valence-corrected chi connectivity index (χ0v) is 23.3. The van der Waals surface area contributed by atoms with E-state index in [1.54, 1.807) is 14.2 Å². The summed E-state index contributed by atoms with van der Waals surface area (Å²) in [4.78, 5) is 40.2. The molecule has 1 aliphatic rings. The first-order valence-electron chi connectivity index (χ1n) is 13.0. The van der Waals surface area contributed by atoms with E-state index >= 15 is 0 Å². The Kier molecular flexibility index (Phi) is 11.0. The minimum Gasteiger partial charge on any atom is -0.493 e. The average Bonchev–Trinajstić information content (AvgIpc) is 2.98. The van der Waals surface area contributed by atoms with Gasteiger partial charge in [0.2, 0.25) is 5.75 Å². The highest BCUT2D eigenvalue weighted by molar-refractivity contribution is 6.43. The number of carbonyl (C=O) groups is 3. The molecular weight excluding hydrogens is 504 g/mol. The number of piperidine rings is 1. The third-order valence-electron chi connectivity index (χ3n) is 6.99. The number of hydrogen-bond acceptors (Lipinski definition) is 9. The van der Waals surface area contributed by atoms with Crippen molar-refractivity contribution in [3.05, 3.63) is 41.5 Å². The fourth-order valence-corrected chi connectivity index (χ4v) is 4.96. The maximum Gasteiger partial charge on any atom is 0.295 e. The van der Waals surface area contributed by atoms with Gasteiger partial charge in [0.25, 0.3) is 11.7 Å². The fourth-order valence-electron chi connectivity index (χ4n) is 4.96. The van der Waals surface area contributed by atoms with E-state index in [0.29, 0.717) is 36.6 Å². The van der Waals surface area contributed by atoms with Crippen LogP contribution in [0.4, 0.5) is 0 Å². The molecule has 1 N–H and O–H groups in total. The molecule has 0 radical (unpaired) electrons. The molecule has 1 heterocycles. The highest BCUT2D eigenvalue weighted by atomic mass is 16.5. The molecule has 39 heavy (non-hydrogen) atoms. The van der Waals surface area contributed by atoms with E-state index in [4.69, 9.17) is 23.7 Å². The summed E-state index contributed by atoms with van der Waals surface area (Å²) in [5.41, 5.74) is 1.21. The monoisotopic (exact) mass is 542 g/mol. The van der Waals surface area contributed by atoms with E-state index in [0.717, 1.165) is 37.7 Å². The Bertz CT molecular complexity index is 1130. The number of carbonyl (C=O) groups excluding carboxylic acids is 3. The molecule has 0 saturated carbocycles. The summed E-state index contributed by atoms with van der Waals surface area (Å²) in [5, 5.41) is 3.41. The van der Waals surface area contributed by atoms with Crippen LogP contribution in [0.2, 0.25) is 0 Å². The highest BCUT2D eigenvalue weighted by Crippen LogP contribution is 2.38. The van der Waals surface area contributed by atoms with Crippen molar-refractivity contribution in [2.75, 3.05) is 48.6 Å². The molecule has 1 amide bonds. The van der Waals surface area contributed by atoms with Crippen LogP contribution in [0, 0.1) is 0 Å². The molecule has 1 aliphatic heterocycles. The van der Waals surface area contributed by atoms with Gasteiger partial charge < -0.3 is 38.7 Å². The zero-order chi connectivity index (χ0) is 28.4. The Labute approximate surface area is 229 Å². The van der Waals surface area contributed by atoms with Crippen molar-refractivity contribution >= 4 is 18.0 Å². The van der Waals surface area contributed by atoms with E-state index in [-0.39, 0.29) is 23.1 Å². The average molecular weight is 543 g/mol. The van der Waals surface area contributed by atoms with Crippen LogP contribution < -0.4 is 29.0 Å². The summed E-state index contributed by atoms with van der Waals surface area (Å²) in [6.45, 7) is 1.35. The molecule has 212 valence electrons. The lowest BCUT2D eigenvalue weighted by atomic mass is 9.92. The zero-order valence-electron chi connectivity index (χ0n) is 23.3. The van der Waals surface area contributed by atoms with E-state index in [9.17, 15) is 14.4 Å². The number of likely N-dealkylation sites (tertiary alicyclic amines) is 1. The van der Waals surface area contributed by atoms with Crippen molar-refractivity contribution in [2.24, 2.45) is 0 Å². The predicted octanol–water partition coefficient (Wildman–Crippen LogP) is 3.08. The van der Waals surface area contributed by atoms with Crippen LogP contribution in [0.3, 0.4) is 0 Å². The molecule has 2 atom stereocenters. The normalized spacial score (nSPS) is 16.8. The number of benzene rings is 2. The van der Waals surface area contributed by atoms with Crippen LogP contribution in [0.5, 0.6) is 28.7 Å². The van der Waals surface area contributed by atoms with Gasteiger partial charge in [-0.3, -0.25) is 9.59 Å². The molecule has 1 fully saturated rings. The lowest BCUT2D eigenvalue weighted by molar-refractivity contribution is -0.137. The van der Waals surface area contributed by atoms with Crippen molar-refractivity contribution < 1.29 is 38.1 Å². The first kappa shape index (κ1) is 29.8. The Morgan fingerprint density at radius 3 is 2.13 bits per heavy atom. The molecule has 2 unspecified atom stereocenters. The minimum absolute atomic E-state index is 0.108. The highest BCUT2D eigenvalue weighted by Gasteiger charge is 2.37. The summed E-state index contributed by atoms with van der Waals surface area (Å²) in [6.07, 6.45) is 4.21. The van der Waals surface area contributed by atoms with Gasteiger partial charge in [0.05, 0.1) is 41.6 Å². The number of aldehydes is 1. The van der Waals surface area contributed by atoms with Crippen LogP contribution in [0.1, 0.15) is 41.6 Å². The molecule has 10 heteroatoms. The number of rotatable bonds is 14. The molecule has 2 aromatic carbocycles. The van der Waals surface area contributed by atoms with Crippen molar-refractivity contribution in [2.45, 2.75) is 44.2 Å². The maximum absolute atomic E-state index is 13.5. The first-order valence-corrected chi connectivity index (χ1v) is 13.0. The SMILES string of the molecule is COc1ccc(CCNCCC2CCCC(C=O)N2C(=O)C(=O)c2cc(OC)c(OC)c(OC)c2)cc1OC. The summed E-state index contributed by atoms with van der Waals surface area (Å²) in [7, 11) is 7.55. The fraction of sp³-hybridized carbons (Fsp3) is 0.483. The minimum atomic E-state index is -0.727. The van der Waals surface area contributed by atoms with E-state index in [1.165, 1.54) is 38.4 Å². The topological polar surface area (TPSA) is 113 Å². The lowest BCUT2D eigenvalue weighted by Crippen LogP contribution is -2.53. The Balaban J connectivity index is 1.66. The van der Waals surface area contributed by atoms with E-state index in [2.05, 4.69) is 5.32 Å². The Hall–Kier alpha value is -3.79. The van der Waals surface area contributed by atoms with Gasteiger partial charge in [-0.25, -0.2) is 0 Å². The summed E-state index contributed by atoms with van der Waals surface area (Å²) in [5.74, 6) is 0.795. The number of nitrogens with zero attached hydrogens (tertiary/aromatic N) is 1. The van der Waals surface area contributed by atoms with E-state index in [1.807, 2.05) is 18.2 Å². The lowest BCUT2D eigenvalue weighted by Gasteiger charge is -2.39. The summed E-state index contributed by atoms with van der Waals surface area (Å²) < 4.78 is 26.6. The maximum atomic E-state index is 13.5. The van der Waals surface area contributed by atoms with Crippen molar-refractivity contribution in [1.29, 1.82) is 0 Å². The Morgan fingerprint density at radius 2 is 1.54 bits per heavy atom. The van der Waals surface area contributed by atoms with Crippen molar-refractivity contribution in [3.63, 3.8) is 0 Å². The number of Topliss-reactive ketones (excluding diaryl/α,β-unsaturated/α-hetero) is 1. The van der Waals surface area contributed by atoms with Gasteiger partial charge in [0, 0.05) is 11.6 Å².